The number of aliphatic hydroxyl groups excluding tert-OH is 1. The van der Waals surface area contributed by atoms with Crippen molar-refractivity contribution in [2.75, 3.05) is 11.9 Å². The van der Waals surface area contributed by atoms with E-state index in [1.165, 1.54) is 11.3 Å². The fourth-order valence-electron chi connectivity index (χ4n) is 1.68. The average Bonchev–Trinajstić information content (AvgIpc) is 2.91. The van der Waals surface area contributed by atoms with Crippen LogP contribution in [-0.4, -0.2) is 17.6 Å². The Morgan fingerprint density at radius 3 is 2.94 bits per heavy atom. The van der Waals surface area contributed by atoms with Crippen LogP contribution < -0.4 is 5.32 Å². The highest BCUT2D eigenvalue weighted by Gasteiger charge is 2.06. The second-order valence-corrected chi connectivity index (χ2v) is 4.77. The molecular weight excluding hydrogens is 246 g/mol. The number of aryl methyl sites for hydroxylation is 1. The van der Waals surface area contributed by atoms with Crippen LogP contribution in [0, 0.1) is 0 Å². The van der Waals surface area contributed by atoms with Crippen molar-refractivity contribution in [1.29, 1.82) is 0 Å². The van der Waals surface area contributed by atoms with Crippen LogP contribution in [0.25, 0.3) is 0 Å². The Balaban J connectivity index is 2.03. The number of rotatable bonds is 5. The molecule has 0 saturated heterocycles. The fraction of sp³-hybridized carbons (Fsp3) is 0.214. The highest BCUT2D eigenvalue weighted by Crippen LogP contribution is 2.14. The third-order valence-corrected chi connectivity index (χ3v) is 3.28. The number of anilines is 1. The number of thiophene rings is 1. The molecule has 2 rings (SSSR count). The van der Waals surface area contributed by atoms with E-state index in [-0.39, 0.29) is 12.5 Å². The summed E-state index contributed by atoms with van der Waals surface area (Å²) in [6.45, 7) is 0.186. The summed E-state index contributed by atoms with van der Waals surface area (Å²) < 4.78 is 0. The van der Waals surface area contributed by atoms with Gasteiger partial charge in [0.05, 0.1) is 5.56 Å². The van der Waals surface area contributed by atoms with Gasteiger partial charge in [-0.15, -0.1) is 0 Å². The van der Waals surface area contributed by atoms with Gasteiger partial charge in [0, 0.05) is 17.7 Å². The van der Waals surface area contributed by atoms with E-state index in [1.807, 2.05) is 35.0 Å². The van der Waals surface area contributed by atoms with Crippen molar-refractivity contribution in [2.24, 2.45) is 0 Å². The summed E-state index contributed by atoms with van der Waals surface area (Å²) in [6, 6.07) is 9.52. The van der Waals surface area contributed by atoms with E-state index < -0.39 is 0 Å². The maximum Gasteiger partial charge on any atom is 0.256 e. The van der Waals surface area contributed by atoms with Crippen LogP contribution in [0.1, 0.15) is 22.3 Å². The maximum absolute atomic E-state index is 11.9. The van der Waals surface area contributed by atoms with Gasteiger partial charge in [0.25, 0.3) is 5.91 Å². The molecule has 94 valence electrons. The van der Waals surface area contributed by atoms with Gasteiger partial charge < -0.3 is 10.4 Å². The molecule has 3 nitrogen and oxygen atoms in total. The molecule has 0 aliphatic rings. The third-order valence-electron chi connectivity index (χ3n) is 2.59. The van der Waals surface area contributed by atoms with Crippen LogP contribution >= 0.6 is 11.3 Å². The van der Waals surface area contributed by atoms with Gasteiger partial charge in [-0.2, -0.15) is 11.3 Å². The van der Waals surface area contributed by atoms with Gasteiger partial charge in [0.2, 0.25) is 0 Å². The molecule has 0 radical (unpaired) electrons. The molecule has 2 aromatic rings. The zero-order valence-electron chi connectivity index (χ0n) is 9.93. The minimum Gasteiger partial charge on any atom is -0.396 e. The smallest absolute Gasteiger partial charge is 0.256 e. The first-order chi connectivity index (χ1) is 8.79. The zero-order chi connectivity index (χ0) is 12.8. The van der Waals surface area contributed by atoms with E-state index in [0.29, 0.717) is 5.56 Å². The number of amides is 1. The maximum atomic E-state index is 11.9. The number of carbonyl (C=O) groups excluding carboxylic acids is 1. The second kappa shape index (κ2) is 6.33. The van der Waals surface area contributed by atoms with Gasteiger partial charge in [0.1, 0.15) is 0 Å². The third kappa shape index (κ3) is 3.42. The Kier molecular flexibility index (Phi) is 4.50. The van der Waals surface area contributed by atoms with E-state index in [2.05, 4.69) is 5.32 Å². The largest absolute Gasteiger partial charge is 0.396 e. The van der Waals surface area contributed by atoms with Crippen molar-refractivity contribution < 1.29 is 9.90 Å². The Bertz CT molecular complexity index is 508. The number of carbonyl (C=O) groups is 1. The van der Waals surface area contributed by atoms with Crippen molar-refractivity contribution in [3.63, 3.8) is 0 Å². The van der Waals surface area contributed by atoms with Gasteiger partial charge in [-0.25, -0.2) is 0 Å². The van der Waals surface area contributed by atoms with Gasteiger partial charge in [-0.1, -0.05) is 12.1 Å². The molecule has 1 amide bonds. The van der Waals surface area contributed by atoms with Crippen molar-refractivity contribution >= 4 is 22.9 Å². The first-order valence-electron chi connectivity index (χ1n) is 5.83. The topological polar surface area (TPSA) is 49.3 Å². The van der Waals surface area contributed by atoms with Crippen LogP contribution in [0.2, 0.25) is 0 Å². The van der Waals surface area contributed by atoms with Crippen molar-refractivity contribution in [2.45, 2.75) is 12.8 Å². The predicted molar refractivity (Wildman–Crippen MR) is 74.1 cm³/mol. The molecule has 0 unspecified atom stereocenters. The highest BCUT2D eigenvalue weighted by atomic mass is 32.1. The zero-order valence-corrected chi connectivity index (χ0v) is 10.7. The standard InChI is InChI=1S/C14H15NO2S/c16-7-2-4-11-3-1-5-13(9-11)15-14(17)12-6-8-18-10-12/h1,3,5-6,8-10,16H,2,4,7H2,(H,15,17). The molecule has 1 aromatic heterocycles. The molecule has 1 aromatic carbocycles. The molecule has 4 heteroatoms. The lowest BCUT2D eigenvalue weighted by Gasteiger charge is -2.06. The van der Waals surface area contributed by atoms with Crippen LogP contribution in [-0.2, 0) is 6.42 Å². The Morgan fingerprint density at radius 1 is 1.33 bits per heavy atom. The molecule has 0 aliphatic carbocycles. The average molecular weight is 261 g/mol. The van der Waals surface area contributed by atoms with Crippen molar-refractivity contribution in [3.8, 4) is 0 Å². The molecule has 0 spiro atoms. The minimum atomic E-state index is -0.0874. The number of hydrogen-bond donors (Lipinski definition) is 2. The summed E-state index contributed by atoms with van der Waals surface area (Å²) in [5.41, 5.74) is 2.59. The number of benzene rings is 1. The summed E-state index contributed by atoms with van der Waals surface area (Å²) in [5.74, 6) is -0.0874. The Labute approximate surface area is 110 Å². The van der Waals surface area contributed by atoms with Crippen LogP contribution in [0.15, 0.2) is 41.1 Å². The highest BCUT2D eigenvalue weighted by molar-refractivity contribution is 7.08. The van der Waals surface area contributed by atoms with Gasteiger partial charge in [-0.05, 0) is 42.0 Å². The number of aliphatic hydroxyl groups is 1. The fourth-order valence-corrected chi connectivity index (χ4v) is 2.32. The normalized spacial score (nSPS) is 10.3. The molecule has 0 aliphatic heterocycles. The van der Waals surface area contributed by atoms with Crippen molar-refractivity contribution in [1.82, 2.24) is 0 Å². The lowest BCUT2D eigenvalue weighted by Crippen LogP contribution is -2.10. The number of hydrogen-bond acceptors (Lipinski definition) is 3. The van der Waals surface area contributed by atoms with Gasteiger partial charge in [-0.3, -0.25) is 4.79 Å². The first kappa shape index (κ1) is 12.8. The quantitative estimate of drug-likeness (QED) is 0.869. The molecule has 0 bridgehead atoms. The van der Waals surface area contributed by atoms with E-state index in [1.54, 1.807) is 6.07 Å². The van der Waals surface area contributed by atoms with Gasteiger partial charge in [0.15, 0.2) is 0 Å². The molecule has 0 fully saturated rings. The van der Waals surface area contributed by atoms with Crippen LogP contribution in [0.4, 0.5) is 5.69 Å². The lowest BCUT2D eigenvalue weighted by molar-refractivity contribution is 0.102. The first-order valence-corrected chi connectivity index (χ1v) is 6.77. The molecular formula is C14H15NO2S. The SMILES string of the molecule is O=C(Nc1cccc(CCCO)c1)c1ccsc1. The summed E-state index contributed by atoms with van der Waals surface area (Å²) in [4.78, 5) is 11.9. The molecule has 1 heterocycles. The van der Waals surface area contributed by atoms with Crippen LogP contribution in [0.5, 0.6) is 0 Å². The van der Waals surface area contributed by atoms with E-state index >= 15 is 0 Å². The van der Waals surface area contributed by atoms with Crippen molar-refractivity contribution in [3.05, 3.63) is 52.2 Å². The molecule has 18 heavy (non-hydrogen) atoms. The Morgan fingerprint density at radius 2 is 2.22 bits per heavy atom. The summed E-state index contributed by atoms with van der Waals surface area (Å²) in [6.07, 6.45) is 1.56. The van der Waals surface area contributed by atoms with Crippen LogP contribution in [0.3, 0.4) is 0 Å². The summed E-state index contributed by atoms with van der Waals surface area (Å²) >= 11 is 1.50. The second-order valence-electron chi connectivity index (χ2n) is 3.99. The monoisotopic (exact) mass is 261 g/mol. The predicted octanol–water partition coefficient (Wildman–Crippen LogP) is 2.93. The number of nitrogens with one attached hydrogen (secondary N) is 1. The Hall–Kier alpha value is -1.65. The van der Waals surface area contributed by atoms with E-state index in [0.717, 1.165) is 24.1 Å². The lowest BCUT2D eigenvalue weighted by atomic mass is 10.1. The molecule has 0 saturated carbocycles. The molecule has 2 N–H and O–H groups in total. The minimum absolute atomic E-state index is 0.0874. The summed E-state index contributed by atoms with van der Waals surface area (Å²) in [5, 5.41) is 15.4. The van der Waals surface area contributed by atoms with E-state index in [4.69, 9.17) is 5.11 Å². The molecule has 0 atom stereocenters. The van der Waals surface area contributed by atoms with Gasteiger partial charge >= 0.3 is 0 Å². The van der Waals surface area contributed by atoms with E-state index in [9.17, 15) is 4.79 Å². The summed E-state index contributed by atoms with van der Waals surface area (Å²) in [7, 11) is 0.